The number of nitrogens with zero attached hydrogens (tertiary/aromatic N) is 2. The normalized spacial score (nSPS) is 9.79. The number of nitro groups is 1. The SMILES string of the molecule is NCCCOc1ccncc1[N+](=O)[O-]. The van der Waals surface area contributed by atoms with Crippen molar-refractivity contribution in [1.29, 1.82) is 0 Å². The third kappa shape index (κ3) is 2.67. The van der Waals surface area contributed by atoms with Crippen LogP contribution in [0.15, 0.2) is 18.5 Å². The van der Waals surface area contributed by atoms with Gasteiger partial charge in [-0.05, 0) is 13.0 Å². The van der Waals surface area contributed by atoms with E-state index in [4.69, 9.17) is 10.5 Å². The highest BCUT2D eigenvalue weighted by Crippen LogP contribution is 2.24. The van der Waals surface area contributed by atoms with E-state index in [0.29, 0.717) is 19.6 Å². The molecule has 0 saturated heterocycles. The van der Waals surface area contributed by atoms with E-state index < -0.39 is 4.92 Å². The molecule has 0 aromatic carbocycles. The molecule has 0 bridgehead atoms. The molecule has 0 aliphatic rings. The molecule has 76 valence electrons. The van der Waals surface area contributed by atoms with Crippen molar-refractivity contribution >= 4 is 5.69 Å². The second kappa shape index (κ2) is 5.13. The Morgan fingerprint density at radius 2 is 2.43 bits per heavy atom. The zero-order valence-electron chi connectivity index (χ0n) is 7.55. The topological polar surface area (TPSA) is 91.3 Å². The van der Waals surface area contributed by atoms with Crippen molar-refractivity contribution in [3.05, 3.63) is 28.6 Å². The van der Waals surface area contributed by atoms with Gasteiger partial charge in [0.15, 0.2) is 5.75 Å². The van der Waals surface area contributed by atoms with E-state index in [1.807, 2.05) is 0 Å². The van der Waals surface area contributed by atoms with Gasteiger partial charge in [0, 0.05) is 12.3 Å². The highest BCUT2D eigenvalue weighted by atomic mass is 16.6. The molecule has 0 aliphatic heterocycles. The molecular weight excluding hydrogens is 186 g/mol. The number of aromatic nitrogens is 1. The van der Waals surface area contributed by atoms with Crippen molar-refractivity contribution in [2.75, 3.05) is 13.2 Å². The zero-order valence-corrected chi connectivity index (χ0v) is 7.55. The van der Waals surface area contributed by atoms with Gasteiger partial charge in [-0.25, -0.2) is 0 Å². The molecule has 0 amide bonds. The second-order valence-corrected chi connectivity index (χ2v) is 2.59. The van der Waals surface area contributed by atoms with Crippen LogP contribution >= 0.6 is 0 Å². The van der Waals surface area contributed by atoms with Gasteiger partial charge in [0.25, 0.3) is 0 Å². The van der Waals surface area contributed by atoms with Gasteiger partial charge in [0.05, 0.1) is 11.5 Å². The first-order chi connectivity index (χ1) is 6.75. The monoisotopic (exact) mass is 197 g/mol. The molecule has 6 nitrogen and oxygen atoms in total. The number of hydrogen-bond acceptors (Lipinski definition) is 5. The lowest BCUT2D eigenvalue weighted by Crippen LogP contribution is -2.07. The van der Waals surface area contributed by atoms with Crippen LogP contribution in [-0.4, -0.2) is 23.1 Å². The molecule has 0 aliphatic carbocycles. The van der Waals surface area contributed by atoms with Crippen molar-refractivity contribution < 1.29 is 9.66 Å². The Kier molecular flexibility index (Phi) is 3.81. The van der Waals surface area contributed by atoms with Crippen LogP contribution < -0.4 is 10.5 Å². The van der Waals surface area contributed by atoms with Crippen LogP contribution in [0.2, 0.25) is 0 Å². The molecule has 0 radical (unpaired) electrons. The quantitative estimate of drug-likeness (QED) is 0.426. The minimum Gasteiger partial charge on any atom is -0.487 e. The molecule has 6 heteroatoms. The van der Waals surface area contributed by atoms with E-state index in [1.54, 1.807) is 0 Å². The average Bonchev–Trinajstić information content (AvgIpc) is 2.19. The molecule has 1 aromatic heterocycles. The van der Waals surface area contributed by atoms with Crippen molar-refractivity contribution in [1.82, 2.24) is 4.98 Å². The molecule has 2 N–H and O–H groups in total. The molecule has 0 unspecified atom stereocenters. The predicted octanol–water partition coefficient (Wildman–Crippen LogP) is 0.717. The van der Waals surface area contributed by atoms with Crippen LogP contribution in [0.25, 0.3) is 0 Å². The lowest BCUT2D eigenvalue weighted by molar-refractivity contribution is -0.386. The fourth-order valence-corrected chi connectivity index (χ4v) is 0.898. The average molecular weight is 197 g/mol. The minimum atomic E-state index is -0.523. The lowest BCUT2D eigenvalue weighted by Gasteiger charge is -2.04. The summed E-state index contributed by atoms with van der Waals surface area (Å²) in [4.78, 5) is 13.6. The maximum absolute atomic E-state index is 10.5. The highest BCUT2D eigenvalue weighted by Gasteiger charge is 2.13. The van der Waals surface area contributed by atoms with Crippen LogP contribution in [0, 0.1) is 10.1 Å². The second-order valence-electron chi connectivity index (χ2n) is 2.59. The third-order valence-electron chi connectivity index (χ3n) is 1.56. The van der Waals surface area contributed by atoms with Gasteiger partial charge >= 0.3 is 5.69 Å². The molecule has 14 heavy (non-hydrogen) atoms. The molecular formula is C8H11N3O3. The first kappa shape index (κ1) is 10.4. The largest absolute Gasteiger partial charge is 0.487 e. The van der Waals surface area contributed by atoms with Gasteiger partial charge in [-0.15, -0.1) is 0 Å². The van der Waals surface area contributed by atoms with Crippen molar-refractivity contribution in [3.63, 3.8) is 0 Å². The Labute approximate surface area is 80.9 Å². The number of rotatable bonds is 5. The summed E-state index contributed by atoms with van der Waals surface area (Å²) in [7, 11) is 0. The summed E-state index contributed by atoms with van der Waals surface area (Å²) in [6.07, 6.45) is 3.28. The molecule has 1 aromatic rings. The van der Waals surface area contributed by atoms with Crippen molar-refractivity contribution in [3.8, 4) is 5.75 Å². The molecule has 0 atom stereocenters. The first-order valence-electron chi connectivity index (χ1n) is 4.17. The fraction of sp³-hybridized carbons (Fsp3) is 0.375. The van der Waals surface area contributed by atoms with Crippen LogP contribution in [0.4, 0.5) is 5.69 Å². The summed E-state index contributed by atoms with van der Waals surface area (Å²) in [5.41, 5.74) is 5.14. The van der Waals surface area contributed by atoms with Gasteiger partial charge in [-0.3, -0.25) is 15.1 Å². The van der Waals surface area contributed by atoms with E-state index in [1.165, 1.54) is 12.3 Å². The van der Waals surface area contributed by atoms with Crippen LogP contribution in [-0.2, 0) is 0 Å². The van der Waals surface area contributed by atoms with Crippen LogP contribution in [0.3, 0.4) is 0 Å². The van der Waals surface area contributed by atoms with Gasteiger partial charge in [-0.2, -0.15) is 0 Å². The molecule has 0 spiro atoms. The fourth-order valence-electron chi connectivity index (χ4n) is 0.898. The summed E-state index contributed by atoms with van der Waals surface area (Å²) in [5.74, 6) is 0.235. The summed E-state index contributed by atoms with van der Waals surface area (Å²) >= 11 is 0. The maximum Gasteiger partial charge on any atom is 0.329 e. The molecule has 1 heterocycles. The maximum atomic E-state index is 10.5. The van der Waals surface area contributed by atoms with E-state index in [9.17, 15) is 10.1 Å². The number of nitrogens with two attached hydrogens (primary N) is 1. The number of ether oxygens (including phenoxy) is 1. The van der Waals surface area contributed by atoms with Gasteiger partial charge in [-0.1, -0.05) is 0 Å². The molecule has 1 rings (SSSR count). The van der Waals surface area contributed by atoms with E-state index in [-0.39, 0.29) is 11.4 Å². The van der Waals surface area contributed by atoms with Crippen LogP contribution in [0.5, 0.6) is 5.75 Å². The van der Waals surface area contributed by atoms with Crippen molar-refractivity contribution in [2.24, 2.45) is 5.73 Å². The summed E-state index contributed by atoms with van der Waals surface area (Å²) in [5, 5.41) is 10.5. The minimum absolute atomic E-state index is 0.121. The molecule has 0 saturated carbocycles. The Balaban J connectivity index is 2.69. The summed E-state index contributed by atoms with van der Waals surface area (Å²) in [6, 6.07) is 1.47. The Morgan fingerprint density at radius 3 is 3.07 bits per heavy atom. The smallest absolute Gasteiger partial charge is 0.329 e. The summed E-state index contributed by atoms with van der Waals surface area (Å²) in [6.45, 7) is 0.875. The van der Waals surface area contributed by atoms with E-state index in [0.717, 1.165) is 6.20 Å². The molecule has 0 fully saturated rings. The van der Waals surface area contributed by atoms with E-state index >= 15 is 0 Å². The number of pyridine rings is 1. The zero-order chi connectivity index (χ0) is 10.4. The predicted molar refractivity (Wildman–Crippen MR) is 50.1 cm³/mol. The van der Waals surface area contributed by atoms with Gasteiger partial charge in [0.1, 0.15) is 6.20 Å². The Hall–Kier alpha value is -1.69. The van der Waals surface area contributed by atoms with Crippen molar-refractivity contribution in [2.45, 2.75) is 6.42 Å². The summed E-state index contributed by atoms with van der Waals surface area (Å²) < 4.78 is 5.18. The van der Waals surface area contributed by atoms with Gasteiger partial charge < -0.3 is 10.5 Å². The number of hydrogen-bond donors (Lipinski definition) is 1. The van der Waals surface area contributed by atoms with E-state index in [2.05, 4.69) is 4.98 Å². The standard InChI is InChI=1S/C8H11N3O3/c9-3-1-5-14-8-2-4-10-6-7(8)11(12)13/h2,4,6H,1,3,5,9H2. The van der Waals surface area contributed by atoms with Gasteiger partial charge in [0.2, 0.25) is 0 Å². The first-order valence-corrected chi connectivity index (χ1v) is 4.17. The van der Waals surface area contributed by atoms with Crippen LogP contribution in [0.1, 0.15) is 6.42 Å². The third-order valence-corrected chi connectivity index (χ3v) is 1.56. The Bertz CT molecular complexity index is 316. The lowest BCUT2D eigenvalue weighted by atomic mass is 10.4. The highest BCUT2D eigenvalue weighted by molar-refractivity contribution is 5.42. The Morgan fingerprint density at radius 1 is 1.64 bits per heavy atom.